The Morgan fingerprint density at radius 3 is 2.44 bits per heavy atom. The van der Waals surface area contributed by atoms with Crippen molar-refractivity contribution < 1.29 is 4.79 Å². The molecule has 1 unspecified atom stereocenters. The first-order valence-corrected chi connectivity index (χ1v) is 6.67. The van der Waals surface area contributed by atoms with Crippen LogP contribution in [0, 0.1) is 12.8 Å². The molecule has 0 spiro atoms. The van der Waals surface area contributed by atoms with Gasteiger partial charge in [-0.05, 0) is 31.4 Å². The molecule has 0 aromatic heterocycles. The normalized spacial score (nSPS) is 12.5. The number of anilines is 1. The number of nitrogens with two attached hydrogens (primary N) is 1. The molecule has 0 fully saturated rings. The first kappa shape index (κ1) is 14.6. The number of amides is 1. The van der Waals surface area contributed by atoms with Crippen LogP contribution in [0.1, 0.15) is 49.5 Å². The quantitative estimate of drug-likeness (QED) is 0.787. The van der Waals surface area contributed by atoms with Crippen LogP contribution in [0.2, 0.25) is 0 Å². The third kappa shape index (κ3) is 3.25. The Kier molecular flexibility index (Phi) is 5.20. The standard InChI is InChI=1S/C15H24N2O/c1-5-12(6-2)11(4)17-15(18)14-10(3)8-7-9-13(14)16/h7-9,11-12H,5-6,16H2,1-4H3,(H,17,18). The van der Waals surface area contributed by atoms with Crippen LogP contribution in [0.25, 0.3) is 0 Å². The molecule has 1 atom stereocenters. The van der Waals surface area contributed by atoms with Gasteiger partial charge in [0.2, 0.25) is 0 Å². The summed E-state index contributed by atoms with van der Waals surface area (Å²) in [5, 5.41) is 3.06. The van der Waals surface area contributed by atoms with E-state index in [9.17, 15) is 4.79 Å². The minimum Gasteiger partial charge on any atom is -0.398 e. The fraction of sp³-hybridized carbons (Fsp3) is 0.533. The van der Waals surface area contributed by atoms with Gasteiger partial charge in [-0.2, -0.15) is 0 Å². The molecule has 0 saturated carbocycles. The number of aryl methyl sites for hydroxylation is 1. The number of hydrogen-bond acceptors (Lipinski definition) is 2. The van der Waals surface area contributed by atoms with Crippen molar-refractivity contribution in [2.75, 3.05) is 5.73 Å². The Hall–Kier alpha value is -1.51. The van der Waals surface area contributed by atoms with Gasteiger partial charge in [0.15, 0.2) is 0 Å². The van der Waals surface area contributed by atoms with Gasteiger partial charge in [-0.1, -0.05) is 38.8 Å². The number of rotatable bonds is 5. The summed E-state index contributed by atoms with van der Waals surface area (Å²) in [4.78, 5) is 12.2. The highest BCUT2D eigenvalue weighted by Crippen LogP contribution is 2.18. The van der Waals surface area contributed by atoms with Gasteiger partial charge in [-0.25, -0.2) is 0 Å². The SMILES string of the molecule is CCC(CC)C(C)NC(=O)c1c(C)cccc1N. The van der Waals surface area contributed by atoms with Gasteiger partial charge in [0, 0.05) is 11.7 Å². The second kappa shape index (κ2) is 6.43. The molecule has 1 amide bonds. The van der Waals surface area contributed by atoms with Crippen molar-refractivity contribution in [3.8, 4) is 0 Å². The molecule has 3 N–H and O–H groups in total. The van der Waals surface area contributed by atoms with E-state index < -0.39 is 0 Å². The lowest BCUT2D eigenvalue weighted by atomic mass is 9.95. The molecule has 18 heavy (non-hydrogen) atoms. The lowest BCUT2D eigenvalue weighted by Crippen LogP contribution is -2.38. The summed E-state index contributed by atoms with van der Waals surface area (Å²) in [5.74, 6) is 0.448. The maximum absolute atomic E-state index is 12.2. The highest BCUT2D eigenvalue weighted by atomic mass is 16.1. The minimum atomic E-state index is -0.0648. The molecular weight excluding hydrogens is 224 g/mol. The minimum absolute atomic E-state index is 0.0648. The Morgan fingerprint density at radius 1 is 1.33 bits per heavy atom. The molecular formula is C15H24N2O. The summed E-state index contributed by atoms with van der Waals surface area (Å²) in [6, 6.07) is 5.72. The zero-order valence-electron chi connectivity index (χ0n) is 11.8. The first-order chi connectivity index (χ1) is 8.51. The van der Waals surface area contributed by atoms with Crippen LogP contribution in [0.15, 0.2) is 18.2 Å². The Morgan fingerprint density at radius 2 is 1.94 bits per heavy atom. The molecule has 0 aliphatic heterocycles. The van der Waals surface area contributed by atoms with Crippen LogP contribution in [0.4, 0.5) is 5.69 Å². The van der Waals surface area contributed by atoms with E-state index >= 15 is 0 Å². The van der Waals surface area contributed by atoms with Crippen LogP contribution < -0.4 is 11.1 Å². The predicted molar refractivity (Wildman–Crippen MR) is 76.6 cm³/mol. The summed E-state index contributed by atoms with van der Waals surface area (Å²) >= 11 is 0. The number of carbonyl (C=O) groups excluding carboxylic acids is 1. The molecule has 1 aromatic rings. The number of hydrogen-bond donors (Lipinski definition) is 2. The summed E-state index contributed by atoms with van der Waals surface area (Å²) in [5.41, 5.74) is 7.95. The van der Waals surface area contributed by atoms with Crippen LogP contribution in [-0.4, -0.2) is 11.9 Å². The lowest BCUT2D eigenvalue weighted by molar-refractivity contribution is 0.0925. The largest absolute Gasteiger partial charge is 0.398 e. The zero-order valence-corrected chi connectivity index (χ0v) is 11.8. The van der Waals surface area contributed by atoms with Gasteiger partial charge < -0.3 is 11.1 Å². The van der Waals surface area contributed by atoms with Crippen LogP contribution in [-0.2, 0) is 0 Å². The molecule has 3 nitrogen and oxygen atoms in total. The molecule has 1 rings (SSSR count). The third-order valence-corrected chi connectivity index (χ3v) is 3.65. The van der Waals surface area contributed by atoms with E-state index in [2.05, 4.69) is 26.1 Å². The van der Waals surface area contributed by atoms with E-state index in [0.717, 1.165) is 18.4 Å². The molecule has 100 valence electrons. The van der Waals surface area contributed by atoms with E-state index in [1.807, 2.05) is 19.1 Å². The van der Waals surface area contributed by atoms with Gasteiger partial charge >= 0.3 is 0 Å². The monoisotopic (exact) mass is 248 g/mol. The van der Waals surface area contributed by atoms with E-state index in [1.165, 1.54) is 0 Å². The van der Waals surface area contributed by atoms with E-state index in [-0.39, 0.29) is 11.9 Å². The van der Waals surface area contributed by atoms with Gasteiger partial charge in [-0.15, -0.1) is 0 Å². The van der Waals surface area contributed by atoms with Crippen molar-refractivity contribution in [2.45, 2.75) is 46.6 Å². The molecule has 0 heterocycles. The van der Waals surface area contributed by atoms with Crippen molar-refractivity contribution >= 4 is 11.6 Å². The first-order valence-electron chi connectivity index (χ1n) is 6.67. The van der Waals surface area contributed by atoms with Crippen molar-refractivity contribution in [3.63, 3.8) is 0 Å². The molecule has 0 aliphatic carbocycles. The van der Waals surface area contributed by atoms with Crippen LogP contribution in [0.3, 0.4) is 0 Å². The smallest absolute Gasteiger partial charge is 0.253 e. The number of nitrogens with one attached hydrogen (secondary N) is 1. The second-order valence-electron chi connectivity index (χ2n) is 4.88. The van der Waals surface area contributed by atoms with Gasteiger partial charge in [-0.3, -0.25) is 4.79 Å². The van der Waals surface area contributed by atoms with Gasteiger partial charge in [0.05, 0.1) is 5.56 Å². The van der Waals surface area contributed by atoms with Gasteiger partial charge in [0.1, 0.15) is 0 Å². The van der Waals surface area contributed by atoms with Crippen molar-refractivity contribution in [1.29, 1.82) is 0 Å². The zero-order chi connectivity index (χ0) is 13.7. The van der Waals surface area contributed by atoms with E-state index in [1.54, 1.807) is 6.07 Å². The summed E-state index contributed by atoms with van der Waals surface area (Å²) in [7, 11) is 0. The number of benzene rings is 1. The van der Waals surface area contributed by atoms with Crippen molar-refractivity contribution in [1.82, 2.24) is 5.32 Å². The van der Waals surface area contributed by atoms with E-state index in [0.29, 0.717) is 17.2 Å². The number of nitrogen functional groups attached to an aromatic ring is 1. The average molecular weight is 248 g/mol. The van der Waals surface area contributed by atoms with Crippen LogP contribution in [0.5, 0.6) is 0 Å². The summed E-state index contributed by atoms with van der Waals surface area (Å²) in [6.07, 6.45) is 2.14. The summed E-state index contributed by atoms with van der Waals surface area (Å²) < 4.78 is 0. The average Bonchev–Trinajstić information content (AvgIpc) is 2.30. The van der Waals surface area contributed by atoms with Crippen molar-refractivity contribution in [2.24, 2.45) is 5.92 Å². The lowest BCUT2D eigenvalue weighted by Gasteiger charge is -2.23. The van der Waals surface area contributed by atoms with Gasteiger partial charge in [0.25, 0.3) is 5.91 Å². The van der Waals surface area contributed by atoms with E-state index in [4.69, 9.17) is 5.73 Å². The topological polar surface area (TPSA) is 55.1 Å². The van der Waals surface area contributed by atoms with Crippen LogP contribution >= 0.6 is 0 Å². The maximum atomic E-state index is 12.2. The highest BCUT2D eigenvalue weighted by Gasteiger charge is 2.19. The Bertz CT molecular complexity index is 391. The number of carbonyl (C=O) groups is 1. The Balaban J connectivity index is 2.83. The molecule has 0 bridgehead atoms. The molecule has 3 heteroatoms. The molecule has 0 aliphatic rings. The third-order valence-electron chi connectivity index (χ3n) is 3.65. The molecule has 0 saturated heterocycles. The fourth-order valence-electron chi connectivity index (χ4n) is 2.39. The summed E-state index contributed by atoms with van der Waals surface area (Å²) in [6.45, 7) is 8.27. The molecule has 0 radical (unpaired) electrons. The highest BCUT2D eigenvalue weighted by molar-refractivity contribution is 6.00. The Labute approximate surface area is 110 Å². The maximum Gasteiger partial charge on any atom is 0.253 e. The fourth-order valence-corrected chi connectivity index (χ4v) is 2.39. The molecule has 1 aromatic carbocycles. The second-order valence-corrected chi connectivity index (χ2v) is 4.88. The predicted octanol–water partition coefficient (Wildman–Crippen LogP) is 3.13. The van der Waals surface area contributed by atoms with Crippen molar-refractivity contribution in [3.05, 3.63) is 29.3 Å².